The number of hydrogen-bond donors (Lipinski definition) is 4. The van der Waals surface area contributed by atoms with Crippen LogP contribution in [0.15, 0.2) is 0 Å². The maximum atomic E-state index is 11.1. The Kier molecular flexibility index (Phi) is 5.68. The molecular formula is C9H20N2O3. The van der Waals surface area contributed by atoms with Gasteiger partial charge in [0.1, 0.15) is 5.60 Å². The van der Waals surface area contributed by atoms with Crippen molar-refractivity contribution < 1.29 is 15.0 Å². The molecule has 0 aliphatic heterocycles. The lowest BCUT2D eigenvalue weighted by atomic mass is 10.1. The maximum absolute atomic E-state index is 11.1. The predicted octanol–water partition coefficient (Wildman–Crippen LogP) is -1.16. The van der Waals surface area contributed by atoms with Crippen molar-refractivity contribution in [1.29, 1.82) is 0 Å². The monoisotopic (exact) mass is 204 g/mol. The third kappa shape index (κ3) is 6.82. The molecule has 84 valence electrons. The van der Waals surface area contributed by atoms with E-state index in [2.05, 4.69) is 10.6 Å². The van der Waals surface area contributed by atoms with E-state index in [0.29, 0.717) is 0 Å². The molecule has 0 radical (unpaired) electrons. The highest BCUT2D eigenvalue weighted by atomic mass is 16.3. The van der Waals surface area contributed by atoms with Crippen molar-refractivity contribution in [2.24, 2.45) is 0 Å². The van der Waals surface area contributed by atoms with Crippen LogP contribution in [0.3, 0.4) is 0 Å². The molecule has 1 amide bonds. The Labute approximate surface area is 84.5 Å². The Hall–Kier alpha value is -0.650. The van der Waals surface area contributed by atoms with Gasteiger partial charge < -0.3 is 20.8 Å². The van der Waals surface area contributed by atoms with Crippen molar-refractivity contribution in [3.05, 3.63) is 0 Å². The van der Waals surface area contributed by atoms with E-state index in [4.69, 9.17) is 5.11 Å². The molecule has 0 spiro atoms. The summed E-state index contributed by atoms with van der Waals surface area (Å²) in [6, 6.07) is 0.249. The molecule has 4 N–H and O–H groups in total. The molecule has 0 aliphatic rings. The van der Waals surface area contributed by atoms with E-state index < -0.39 is 5.60 Å². The van der Waals surface area contributed by atoms with Crippen LogP contribution in [0.25, 0.3) is 0 Å². The molecule has 0 saturated carbocycles. The first kappa shape index (κ1) is 13.4. The largest absolute Gasteiger partial charge is 0.393 e. The summed E-state index contributed by atoms with van der Waals surface area (Å²) in [6.45, 7) is 5.25. The summed E-state index contributed by atoms with van der Waals surface area (Å²) in [6.07, 6.45) is 0. The second-order valence-electron chi connectivity index (χ2n) is 3.97. The van der Waals surface area contributed by atoms with Gasteiger partial charge in [-0.15, -0.1) is 0 Å². The summed E-state index contributed by atoms with van der Waals surface area (Å²) >= 11 is 0. The SMILES string of the molecule is CC(C)NCC(=O)NCC(C)(O)CO. The van der Waals surface area contributed by atoms with E-state index in [1.54, 1.807) is 0 Å². The minimum Gasteiger partial charge on any atom is -0.393 e. The normalized spacial score (nSPS) is 15.3. The van der Waals surface area contributed by atoms with Gasteiger partial charge in [-0.3, -0.25) is 4.79 Å². The zero-order valence-corrected chi connectivity index (χ0v) is 9.00. The fraction of sp³-hybridized carbons (Fsp3) is 0.889. The first-order chi connectivity index (χ1) is 6.37. The van der Waals surface area contributed by atoms with Crippen LogP contribution in [0.2, 0.25) is 0 Å². The lowest BCUT2D eigenvalue weighted by molar-refractivity contribution is -0.121. The van der Waals surface area contributed by atoms with Crippen molar-refractivity contribution in [2.75, 3.05) is 19.7 Å². The molecule has 0 saturated heterocycles. The molecule has 5 nitrogen and oxygen atoms in total. The van der Waals surface area contributed by atoms with Crippen molar-refractivity contribution in [2.45, 2.75) is 32.4 Å². The van der Waals surface area contributed by atoms with Gasteiger partial charge in [0, 0.05) is 12.6 Å². The number of aliphatic hydroxyl groups is 2. The van der Waals surface area contributed by atoms with Crippen LogP contribution in [0.1, 0.15) is 20.8 Å². The third-order valence-electron chi connectivity index (χ3n) is 1.68. The van der Waals surface area contributed by atoms with Gasteiger partial charge >= 0.3 is 0 Å². The third-order valence-corrected chi connectivity index (χ3v) is 1.68. The Balaban J connectivity index is 3.64. The highest BCUT2D eigenvalue weighted by molar-refractivity contribution is 5.78. The zero-order chi connectivity index (χ0) is 11.2. The Morgan fingerprint density at radius 3 is 2.50 bits per heavy atom. The lowest BCUT2D eigenvalue weighted by Crippen LogP contribution is -2.46. The summed E-state index contributed by atoms with van der Waals surface area (Å²) < 4.78 is 0. The second-order valence-corrected chi connectivity index (χ2v) is 3.97. The Morgan fingerprint density at radius 1 is 1.50 bits per heavy atom. The minimum atomic E-state index is -1.24. The quantitative estimate of drug-likeness (QED) is 0.440. The summed E-state index contributed by atoms with van der Waals surface area (Å²) in [7, 11) is 0. The summed E-state index contributed by atoms with van der Waals surface area (Å²) in [5.41, 5.74) is -1.24. The van der Waals surface area contributed by atoms with Gasteiger partial charge in [0.25, 0.3) is 0 Å². The Bertz CT molecular complexity index is 181. The van der Waals surface area contributed by atoms with E-state index in [1.807, 2.05) is 13.8 Å². The van der Waals surface area contributed by atoms with Gasteiger partial charge in [-0.05, 0) is 6.92 Å². The topological polar surface area (TPSA) is 81.6 Å². The number of rotatable bonds is 6. The number of aliphatic hydroxyl groups excluding tert-OH is 1. The molecular weight excluding hydrogens is 184 g/mol. The van der Waals surface area contributed by atoms with Crippen LogP contribution in [-0.4, -0.2) is 47.5 Å². The summed E-state index contributed by atoms with van der Waals surface area (Å²) in [5.74, 6) is -0.188. The van der Waals surface area contributed by atoms with Gasteiger partial charge in [0.05, 0.1) is 13.2 Å². The average molecular weight is 204 g/mol. The van der Waals surface area contributed by atoms with Gasteiger partial charge in [-0.25, -0.2) is 0 Å². The van der Waals surface area contributed by atoms with E-state index in [0.717, 1.165) is 0 Å². The molecule has 14 heavy (non-hydrogen) atoms. The van der Waals surface area contributed by atoms with E-state index >= 15 is 0 Å². The van der Waals surface area contributed by atoms with Crippen molar-refractivity contribution in [1.82, 2.24) is 10.6 Å². The number of hydrogen-bond acceptors (Lipinski definition) is 4. The van der Waals surface area contributed by atoms with Gasteiger partial charge in [-0.2, -0.15) is 0 Å². The molecule has 0 aliphatic carbocycles. The molecule has 0 bridgehead atoms. The average Bonchev–Trinajstić information content (AvgIpc) is 2.11. The molecule has 1 unspecified atom stereocenters. The van der Waals surface area contributed by atoms with Crippen molar-refractivity contribution in [3.63, 3.8) is 0 Å². The van der Waals surface area contributed by atoms with Crippen molar-refractivity contribution >= 4 is 5.91 Å². The van der Waals surface area contributed by atoms with Crippen LogP contribution in [0.4, 0.5) is 0 Å². The molecule has 0 heterocycles. The van der Waals surface area contributed by atoms with E-state index in [9.17, 15) is 9.90 Å². The number of nitrogens with one attached hydrogen (secondary N) is 2. The van der Waals surface area contributed by atoms with E-state index in [-0.39, 0.29) is 31.6 Å². The smallest absolute Gasteiger partial charge is 0.234 e. The molecule has 1 atom stereocenters. The highest BCUT2D eigenvalue weighted by Crippen LogP contribution is 1.97. The first-order valence-corrected chi connectivity index (χ1v) is 4.71. The minimum absolute atomic E-state index is 0.0576. The highest BCUT2D eigenvalue weighted by Gasteiger charge is 2.19. The fourth-order valence-electron chi connectivity index (χ4n) is 0.704. The van der Waals surface area contributed by atoms with Crippen molar-refractivity contribution in [3.8, 4) is 0 Å². The van der Waals surface area contributed by atoms with Crippen LogP contribution >= 0.6 is 0 Å². The summed E-state index contributed by atoms with van der Waals surface area (Å²) in [5, 5.41) is 23.5. The maximum Gasteiger partial charge on any atom is 0.234 e. The van der Waals surface area contributed by atoms with Crippen LogP contribution < -0.4 is 10.6 Å². The standard InChI is InChI=1S/C9H20N2O3/c1-7(2)10-4-8(13)11-5-9(3,14)6-12/h7,10,12,14H,4-6H2,1-3H3,(H,11,13). The van der Waals surface area contributed by atoms with Crippen LogP contribution in [-0.2, 0) is 4.79 Å². The molecule has 0 aromatic heterocycles. The lowest BCUT2D eigenvalue weighted by Gasteiger charge is -2.20. The molecule has 0 aromatic carbocycles. The predicted molar refractivity (Wildman–Crippen MR) is 53.9 cm³/mol. The van der Waals surface area contributed by atoms with E-state index in [1.165, 1.54) is 6.92 Å². The number of carbonyl (C=O) groups excluding carboxylic acids is 1. The first-order valence-electron chi connectivity index (χ1n) is 4.71. The molecule has 0 aromatic rings. The summed E-state index contributed by atoms with van der Waals surface area (Å²) in [4.78, 5) is 11.1. The van der Waals surface area contributed by atoms with Crippen LogP contribution in [0, 0.1) is 0 Å². The Morgan fingerprint density at radius 2 is 2.07 bits per heavy atom. The van der Waals surface area contributed by atoms with Gasteiger partial charge in [-0.1, -0.05) is 13.8 Å². The molecule has 0 rings (SSSR count). The van der Waals surface area contributed by atoms with Crippen LogP contribution in [0.5, 0.6) is 0 Å². The second kappa shape index (κ2) is 5.95. The fourth-order valence-corrected chi connectivity index (χ4v) is 0.704. The molecule has 0 fully saturated rings. The number of carbonyl (C=O) groups is 1. The zero-order valence-electron chi connectivity index (χ0n) is 9.00. The number of amides is 1. The van der Waals surface area contributed by atoms with Gasteiger partial charge in [0.2, 0.25) is 5.91 Å². The molecule has 5 heteroatoms. The van der Waals surface area contributed by atoms with Gasteiger partial charge in [0.15, 0.2) is 0 Å².